The molecule has 6 heteroatoms. The minimum absolute atomic E-state index is 0.237. The Morgan fingerprint density at radius 3 is 2.48 bits per heavy atom. The molecule has 2 aromatic rings. The molecule has 0 spiro atoms. The van der Waals surface area contributed by atoms with Crippen LogP contribution in [0.5, 0.6) is 5.75 Å². The van der Waals surface area contributed by atoms with E-state index in [-0.39, 0.29) is 6.09 Å². The zero-order valence-corrected chi connectivity index (χ0v) is 15.3. The summed E-state index contributed by atoms with van der Waals surface area (Å²) in [6.45, 7) is 8.53. The molecule has 1 saturated heterocycles. The highest BCUT2D eigenvalue weighted by Gasteiger charge is 2.26. The van der Waals surface area contributed by atoms with E-state index in [0.29, 0.717) is 13.1 Å². The van der Waals surface area contributed by atoms with Gasteiger partial charge >= 0.3 is 6.09 Å². The molecule has 2 heterocycles. The lowest BCUT2D eigenvalue weighted by Gasteiger charge is -2.36. The summed E-state index contributed by atoms with van der Waals surface area (Å²) in [7, 11) is 1.64. The second-order valence-corrected chi connectivity index (χ2v) is 7.21. The molecule has 1 aromatic heterocycles. The number of rotatable bonds is 2. The predicted octanol–water partition coefficient (Wildman–Crippen LogP) is 3.30. The van der Waals surface area contributed by atoms with Gasteiger partial charge in [-0.3, -0.25) is 4.98 Å². The summed E-state index contributed by atoms with van der Waals surface area (Å²) in [5.41, 5.74) is 1.60. The fraction of sp³-hybridized carbons (Fsp3) is 0.474. The molecule has 1 fully saturated rings. The summed E-state index contributed by atoms with van der Waals surface area (Å²) >= 11 is 0. The summed E-state index contributed by atoms with van der Waals surface area (Å²) in [6, 6.07) is 8.21. The first kappa shape index (κ1) is 17.3. The Balaban J connectivity index is 1.66. The maximum atomic E-state index is 12.2. The molecular formula is C19H25N3O3. The van der Waals surface area contributed by atoms with Gasteiger partial charge in [0, 0.05) is 37.3 Å². The van der Waals surface area contributed by atoms with Gasteiger partial charge in [0.25, 0.3) is 0 Å². The number of piperazine rings is 1. The SMILES string of the molecule is COc1cnc2cc(N3CCN(C(=O)OC(C)(C)C)CC3)ccc2c1. The van der Waals surface area contributed by atoms with Gasteiger partial charge in [-0.25, -0.2) is 4.79 Å². The summed E-state index contributed by atoms with van der Waals surface area (Å²) in [6.07, 6.45) is 1.49. The predicted molar refractivity (Wildman–Crippen MR) is 98.3 cm³/mol. The normalized spacial score (nSPS) is 15.4. The van der Waals surface area contributed by atoms with Crippen LogP contribution in [0.2, 0.25) is 0 Å². The second-order valence-electron chi connectivity index (χ2n) is 7.21. The highest BCUT2D eigenvalue weighted by Crippen LogP contribution is 2.24. The van der Waals surface area contributed by atoms with Gasteiger partial charge in [-0.2, -0.15) is 0 Å². The maximum Gasteiger partial charge on any atom is 0.410 e. The fourth-order valence-corrected chi connectivity index (χ4v) is 2.87. The first-order valence-corrected chi connectivity index (χ1v) is 8.52. The molecule has 0 N–H and O–H groups in total. The monoisotopic (exact) mass is 343 g/mol. The van der Waals surface area contributed by atoms with Crippen LogP contribution in [0, 0.1) is 0 Å². The van der Waals surface area contributed by atoms with Crippen LogP contribution < -0.4 is 9.64 Å². The van der Waals surface area contributed by atoms with Crippen LogP contribution in [0.15, 0.2) is 30.5 Å². The van der Waals surface area contributed by atoms with Gasteiger partial charge in [0.15, 0.2) is 0 Å². The van der Waals surface area contributed by atoms with E-state index in [1.165, 1.54) is 0 Å². The lowest BCUT2D eigenvalue weighted by atomic mass is 10.1. The van der Waals surface area contributed by atoms with Crippen molar-refractivity contribution in [2.45, 2.75) is 26.4 Å². The van der Waals surface area contributed by atoms with Crippen molar-refractivity contribution in [2.24, 2.45) is 0 Å². The van der Waals surface area contributed by atoms with Crippen molar-refractivity contribution in [3.8, 4) is 5.75 Å². The van der Waals surface area contributed by atoms with Gasteiger partial charge in [0.2, 0.25) is 0 Å². The van der Waals surface area contributed by atoms with E-state index in [1.807, 2.05) is 26.8 Å². The van der Waals surface area contributed by atoms with E-state index < -0.39 is 5.60 Å². The number of nitrogens with zero attached hydrogens (tertiary/aromatic N) is 3. The quantitative estimate of drug-likeness (QED) is 0.837. The summed E-state index contributed by atoms with van der Waals surface area (Å²) in [5.74, 6) is 0.756. The van der Waals surface area contributed by atoms with Gasteiger partial charge in [0.05, 0.1) is 18.8 Å². The van der Waals surface area contributed by atoms with E-state index in [2.05, 4.69) is 28.1 Å². The Bertz CT molecular complexity index is 762. The molecule has 0 saturated carbocycles. The van der Waals surface area contributed by atoms with Gasteiger partial charge in [-0.1, -0.05) is 6.07 Å². The van der Waals surface area contributed by atoms with Crippen molar-refractivity contribution >= 4 is 22.7 Å². The standard InChI is InChI=1S/C19H25N3O3/c1-19(2,3)25-18(23)22-9-7-21(8-10-22)15-6-5-14-11-16(24-4)13-20-17(14)12-15/h5-6,11-13H,7-10H2,1-4H3. The summed E-state index contributed by atoms with van der Waals surface area (Å²) < 4.78 is 10.7. The Labute approximate surface area is 148 Å². The number of hydrogen-bond acceptors (Lipinski definition) is 5. The number of carbonyl (C=O) groups is 1. The maximum absolute atomic E-state index is 12.2. The Hall–Kier alpha value is -2.50. The molecule has 0 bridgehead atoms. The number of methoxy groups -OCH3 is 1. The van der Waals surface area contributed by atoms with Crippen molar-refractivity contribution in [2.75, 3.05) is 38.2 Å². The molecule has 25 heavy (non-hydrogen) atoms. The molecule has 0 aliphatic carbocycles. The van der Waals surface area contributed by atoms with Crippen molar-refractivity contribution < 1.29 is 14.3 Å². The van der Waals surface area contributed by atoms with E-state index in [4.69, 9.17) is 9.47 Å². The first-order chi connectivity index (χ1) is 11.9. The highest BCUT2D eigenvalue weighted by atomic mass is 16.6. The van der Waals surface area contributed by atoms with Crippen molar-refractivity contribution in [1.29, 1.82) is 0 Å². The third-order valence-corrected chi connectivity index (χ3v) is 4.17. The minimum atomic E-state index is -0.459. The number of carbonyl (C=O) groups excluding carboxylic acids is 1. The average molecular weight is 343 g/mol. The van der Waals surface area contributed by atoms with Crippen molar-refractivity contribution in [3.05, 3.63) is 30.5 Å². The molecule has 0 radical (unpaired) electrons. The van der Waals surface area contributed by atoms with Gasteiger partial charge in [0.1, 0.15) is 11.4 Å². The molecule has 134 valence electrons. The van der Waals surface area contributed by atoms with Crippen LogP contribution in [0.25, 0.3) is 10.9 Å². The van der Waals surface area contributed by atoms with Gasteiger partial charge in [-0.15, -0.1) is 0 Å². The van der Waals surface area contributed by atoms with Crippen LogP contribution in [0.3, 0.4) is 0 Å². The largest absolute Gasteiger partial charge is 0.495 e. The van der Waals surface area contributed by atoms with Crippen LogP contribution in [0.1, 0.15) is 20.8 Å². The third kappa shape index (κ3) is 4.13. The number of ether oxygens (including phenoxy) is 2. The molecular weight excluding hydrogens is 318 g/mol. The van der Waals surface area contributed by atoms with Crippen LogP contribution in [-0.2, 0) is 4.74 Å². The smallest absolute Gasteiger partial charge is 0.410 e. The van der Waals surface area contributed by atoms with Crippen LogP contribution in [-0.4, -0.2) is 54.9 Å². The Morgan fingerprint density at radius 2 is 1.84 bits per heavy atom. The molecule has 1 aliphatic rings. The molecule has 1 amide bonds. The highest BCUT2D eigenvalue weighted by molar-refractivity contribution is 5.83. The molecule has 1 aromatic carbocycles. The number of anilines is 1. The van der Waals surface area contributed by atoms with Crippen molar-refractivity contribution in [3.63, 3.8) is 0 Å². The second kappa shape index (κ2) is 6.78. The number of pyridine rings is 1. The van der Waals surface area contributed by atoms with Crippen LogP contribution in [0.4, 0.5) is 10.5 Å². The molecule has 0 unspecified atom stereocenters. The number of benzene rings is 1. The zero-order valence-electron chi connectivity index (χ0n) is 15.3. The van der Waals surface area contributed by atoms with E-state index in [9.17, 15) is 4.79 Å². The number of aromatic nitrogens is 1. The molecule has 3 rings (SSSR count). The molecule has 6 nitrogen and oxygen atoms in total. The lowest BCUT2D eigenvalue weighted by Crippen LogP contribution is -2.50. The first-order valence-electron chi connectivity index (χ1n) is 8.52. The summed E-state index contributed by atoms with van der Waals surface area (Å²) in [5, 5.41) is 1.05. The lowest BCUT2D eigenvalue weighted by molar-refractivity contribution is 0.0240. The summed E-state index contributed by atoms with van der Waals surface area (Å²) in [4.78, 5) is 20.7. The number of amides is 1. The average Bonchev–Trinajstić information content (AvgIpc) is 2.59. The Kier molecular flexibility index (Phi) is 4.70. The number of fused-ring (bicyclic) bond motifs is 1. The van der Waals surface area contributed by atoms with E-state index in [1.54, 1.807) is 18.2 Å². The topological polar surface area (TPSA) is 54.9 Å². The minimum Gasteiger partial charge on any atom is -0.495 e. The third-order valence-electron chi connectivity index (χ3n) is 4.17. The Morgan fingerprint density at radius 1 is 1.12 bits per heavy atom. The zero-order chi connectivity index (χ0) is 18.0. The number of hydrogen-bond donors (Lipinski definition) is 0. The van der Waals surface area contributed by atoms with Crippen LogP contribution >= 0.6 is 0 Å². The van der Waals surface area contributed by atoms with E-state index >= 15 is 0 Å². The van der Waals surface area contributed by atoms with Gasteiger partial charge in [-0.05, 0) is 39.0 Å². The van der Waals surface area contributed by atoms with Crippen molar-refractivity contribution in [1.82, 2.24) is 9.88 Å². The van der Waals surface area contributed by atoms with Gasteiger partial charge < -0.3 is 19.3 Å². The molecule has 1 aliphatic heterocycles. The van der Waals surface area contributed by atoms with E-state index in [0.717, 1.165) is 35.4 Å². The molecule has 0 atom stereocenters. The fourth-order valence-electron chi connectivity index (χ4n) is 2.87.